The molecule has 1 fully saturated rings. The van der Waals surface area contributed by atoms with E-state index < -0.39 is 0 Å². The van der Waals surface area contributed by atoms with Crippen molar-refractivity contribution in [3.63, 3.8) is 0 Å². The van der Waals surface area contributed by atoms with E-state index in [1.807, 2.05) is 31.2 Å². The monoisotopic (exact) mass is 402 g/mol. The van der Waals surface area contributed by atoms with E-state index in [0.29, 0.717) is 33.8 Å². The number of thiocarbonyl (C=S) groups is 1. The van der Waals surface area contributed by atoms with Crippen LogP contribution in [0.1, 0.15) is 52.0 Å². The predicted octanol–water partition coefficient (Wildman–Crippen LogP) is 4.84. The Kier molecular flexibility index (Phi) is 6.37. The number of nitrogens with zero attached hydrogens (tertiary/aromatic N) is 2. The summed E-state index contributed by atoms with van der Waals surface area (Å²) in [4.78, 5) is 30.1. The highest BCUT2D eigenvalue weighted by atomic mass is 32.2. The van der Waals surface area contributed by atoms with Crippen molar-refractivity contribution in [3.8, 4) is 0 Å². The summed E-state index contributed by atoms with van der Waals surface area (Å²) >= 11 is 6.79. The van der Waals surface area contributed by atoms with Gasteiger partial charge in [0.05, 0.1) is 16.2 Å². The van der Waals surface area contributed by atoms with Gasteiger partial charge in [0.1, 0.15) is 4.32 Å². The normalized spacial score (nSPS) is 20.6. The number of anilines is 1. The van der Waals surface area contributed by atoms with Crippen LogP contribution in [0.4, 0.5) is 5.69 Å². The molecule has 0 saturated carbocycles. The zero-order valence-electron chi connectivity index (χ0n) is 16.2. The molecule has 3 rings (SSSR count). The zero-order valence-corrected chi connectivity index (χ0v) is 17.8. The molecule has 1 saturated heterocycles. The first kappa shape index (κ1) is 20.1. The maximum atomic E-state index is 13.2. The highest BCUT2D eigenvalue weighted by Crippen LogP contribution is 2.44. The third-order valence-corrected chi connectivity index (χ3v) is 6.75. The highest BCUT2D eigenvalue weighted by molar-refractivity contribution is 8.26. The quantitative estimate of drug-likeness (QED) is 0.483. The van der Waals surface area contributed by atoms with Gasteiger partial charge in [-0.25, -0.2) is 0 Å². The third kappa shape index (κ3) is 3.69. The summed E-state index contributed by atoms with van der Waals surface area (Å²) < 4.78 is 0.567. The van der Waals surface area contributed by atoms with Crippen molar-refractivity contribution in [2.45, 2.75) is 46.5 Å². The molecular weight excluding hydrogens is 376 g/mol. The summed E-state index contributed by atoms with van der Waals surface area (Å²) in [5.74, 6) is 0.226. The molecule has 2 amide bonds. The molecule has 0 aromatic heterocycles. The van der Waals surface area contributed by atoms with Crippen molar-refractivity contribution in [1.29, 1.82) is 0 Å². The van der Waals surface area contributed by atoms with Gasteiger partial charge in [-0.3, -0.25) is 14.5 Å². The van der Waals surface area contributed by atoms with Crippen molar-refractivity contribution < 1.29 is 9.59 Å². The van der Waals surface area contributed by atoms with E-state index in [2.05, 4.69) is 13.8 Å². The lowest BCUT2D eigenvalue weighted by Crippen LogP contribution is -2.33. The summed E-state index contributed by atoms with van der Waals surface area (Å²) in [5, 5.41) is 0. The summed E-state index contributed by atoms with van der Waals surface area (Å²) in [7, 11) is 0. The van der Waals surface area contributed by atoms with Crippen LogP contribution in [0, 0.1) is 5.92 Å². The van der Waals surface area contributed by atoms with Gasteiger partial charge in [-0.2, -0.15) is 0 Å². The molecule has 27 heavy (non-hydrogen) atoms. The lowest BCUT2D eigenvalue weighted by atomic mass is 9.98. The van der Waals surface area contributed by atoms with Crippen LogP contribution in [0.25, 0.3) is 5.57 Å². The molecule has 1 aromatic rings. The Bertz CT molecular complexity index is 803. The Morgan fingerprint density at radius 2 is 1.81 bits per heavy atom. The average Bonchev–Trinajstić information content (AvgIpc) is 3.11. The number of thioether (sulfide) groups is 1. The number of fused-ring (bicyclic) bond motifs is 1. The first-order valence-electron chi connectivity index (χ1n) is 9.72. The molecular formula is C21H26N2O2S2. The Morgan fingerprint density at radius 1 is 1.07 bits per heavy atom. The van der Waals surface area contributed by atoms with E-state index in [-0.39, 0.29) is 11.8 Å². The van der Waals surface area contributed by atoms with Crippen LogP contribution >= 0.6 is 24.0 Å². The maximum Gasteiger partial charge on any atom is 0.267 e. The van der Waals surface area contributed by atoms with Crippen LogP contribution in [0.3, 0.4) is 0 Å². The van der Waals surface area contributed by atoms with Gasteiger partial charge in [-0.15, -0.1) is 0 Å². The van der Waals surface area contributed by atoms with Gasteiger partial charge in [0.15, 0.2) is 0 Å². The van der Waals surface area contributed by atoms with Crippen molar-refractivity contribution in [2.24, 2.45) is 5.92 Å². The number of hydrogen-bond acceptors (Lipinski definition) is 4. The van der Waals surface area contributed by atoms with E-state index >= 15 is 0 Å². The van der Waals surface area contributed by atoms with E-state index in [9.17, 15) is 9.59 Å². The van der Waals surface area contributed by atoms with Crippen molar-refractivity contribution in [3.05, 3.63) is 34.7 Å². The van der Waals surface area contributed by atoms with Gasteiger partial charge in [-0.1, -0.05) is 75.3 Å². The Hall–Kier alpha value is -1.66. The number of carbonyl (C=O) groups is 2. The molecule has 0 spiro atoms. The molecule has 0 bridgehead atoms. The minimum absolute atomic E-state index is 0.0998. The minimum Gasteiger partial charge on any atom is -0.308 e. The largest absolute Gasteiger partial charge is 0.308 e. The van der Waals surface area contributed by atoms with Gasteiger partial charge in [0.2, 0.25) is 0 Å². The Morgan fingerprint density at radius 3 is 2.48 bits per heavy atom. The Labute approximate surface area is 171 Å². The standard InChI is InChI=1S/C21H26N2O2S2/c1-4-7-10-14(5-2)13-23-20(25)18(27-21(23)26)17-15-11-8-9-12-16(15)22(6-3)19(17)24/h8-9,11-12,14H,4-7,10,13H2,1-3H3. The fourth-order valence-corrected chi connectivity index (χ4v) is 5.04. The lowest BCUT2D eigenvalue weighted by Gasteiger charge is -2.21. The van der Waals surface area contributed by atoms with Gasteiger partial charge in [0.25, 0.3) is 11.8 Å². The number of amides is 2. The number of para-hydroxylation sites is 1. The van der Waals surface area contributed by atoms with Crippen LogP contribution in [-0.4, -0.2) is 34.1 Å². The van der Waals surface area contributed by atoms with Gasteiger partial charge < -0.3 is 4.90 Å². The fourth-order valence-electron chi connectivity index (χ4n) is 3.70. The molecule has 0 radical (unpaired) electrons. The van der Waals surface area contributed by atoms with Crippen molar-refractivity contribution in [2.75, 3.05) is 18.0 Å². The van der Waals surface area contributed by atoms with E-state index in [4.69, 9.17) is 12.2 Å². The second-order valence-electron chi connectivity index (χ2n) is 6.97. The van der Waals surface area contributed by atoms with Crippen LogP contribution < -0.4 is 4.90 Å². The zero-order chi connectivity index (χ0) is 19.6. The summed E-state index contributed by atoms with van der Waals surface area (Å²) in [5.41, 5.74) is 2.22. The maximum absolute atomic E-state index is 13.2. The molecule has 0 aliphatic carbocycles. The fraction of sp³-hybridized carbons (Fsp3) is 0.476. The molecule has 1 aromatic carbocycles. The van der Waals surface area contributed by atoms with Crippen LogP contribution in [-0.2, 0) is 9.59 Å². The SMILES string of the molecule is CCCCC(CC)CN1C(=O)C(=C2C(=O)N(CC)c3ccccc32)SC1=S. The molecule has 6 heteroatoms. The van der Waals surface area contributed by atoms with Crippen LogP contribution in [0.15, 0.2) is 29.2 Å². The van der Waals surface area contributed by atoms with Gasteiger partial charge >= 0.3 is 0 Å². The first-order chi connectivity index (χ1) is 13.0. The van der Waals surface area contributed by atoms with Crippen LogP contribution in [0.2, 0.25) is 0 Å². The molecule has 0 N–H and O–H groups in total. The second-order valence-corrected chi connectivity index (χ2v) is 8.62. The molecule has 4 nitrogen and oxygen atoms in total. The van der Waals surface area contributed by atoms with Crippen LogP contribution in [0.5, 0.6) is 0 Å². The lowest BCUT2D eigenvalue weighted by molar-refractivity contribution is -0.123. The Balaban J connectivity index is 1.93. The molecule has 2 heterocycles. The topological polar surface area (TPSA) is 40.6 Å². The number of carbonyl (C=O) groups excluding carboxylic acids is 2. The number of hydrogen-bond donors (Lipinski definition) is 0. The highest BCUT2D eigenvalue weighted by Gasteiger charge is 2.41. The van der Waals surface area contributed by atoms with Crippen molar-refractivity contribution >= 4 is 51.4 Å². The number of unbranched alkanes of at least 4 members (excludes halogenated alkanes) is 1. The van der Waals surface area contributed by atoms with Gasteiger partial charge in [-0.05, 0) is 25.3 Å². The molecule has 1 atom stereocenters. The minimum atomic E-state index is -0.115. The summed E-state index contributed by atoms with van der Waals surface area (Å²) in [6.07, 6.45) is 4.43. The van der Waals surface area contributed by atoms with Crippen molar-refractivity contribution in [1.82, 2.24) is 4.90 Å². The molecule has 2 aliphatic heterocycles. The van der Waals surface area contributed by atoms with Gasteiger partial charge in [0, 0.05) is 18.7 Å². The van der Waals surface area contributed by atoms with E-state index in [0.717, 1.165) is 36.9 Å². The molecule has 2 aliphatic rings. The average molecular weight is 403 g/mol. The first-order valence-corrected chi connectivity index (χ1v) is 10.9. The smallest absolute Gasteiger partial charge is 0.267 e. The number of benzene rings is 1. The molecule has 144 valence electrons. The number of likely N-dealkylation sites (N-methyl/N-ethyl adjacent to an activating group) is 1. The summed E-state index contributed by atoms with van der Waals surface area (Å²) in [6.45, 7) is 7.51. The predicted molar refractivity (Wildman–Crippen MR) is 117 cm³/mol. The van der Waals surface area contributed by atoms with E-state index in [1.165, 1.54) is 11.8 Å². The number of rotatable bonds is 7. The second kappa shape index (κ2) is 8.57. The summed E-state index contributed by atoms with van der Waals surface area (Å²) in [6, 6.07) is 7.68. The van der Waals surface area contributed by atoms with E-state index in [1.54, 1.807) is 9.80 Å². The molecule has 1 unspecified atom stereocenters. The third-order valence-electron chi connectivity index (χ3n) is 5.30.